The van der Waals surface area contributed by atoms with E-state index in [0.717, 1.165) is 25.7 Å². The molecule has 1 aromatic carbocycles. The minimum absolute atomic E-state index is 0. The first-order valence-electron chi connectivity index (χ1n) is 6.00. The van der Waals surface area contributed by atoms with Crippen LogP contribution in [-0.2, 0) is 10.1 Å². The summed E-state index contributed by atoms with van der Waals surface area (Å²) in [6, 6.07) is 6.34. The summed E-state index contributed by atoms with van der Waals surface area (Å²) < 4.78 is 33.7. The topological polar surface area (TPSA) is 57.2 Å². The average Bonchev–Trinajstić information content (AvgIpc) is 2.38. The Morgan fingerprint density at radius 3 is 2.32 bits per heavy atom. The van der Waals surface area contributed by atoms with E-state index in [4.69, 9.17) is 11.2 Å². The van der Waals surface area contributed by atoms with E-state index >= 15 is 0 Å². The number of hydrogen-bond acceptors (Lipinski definition) is 3. The molecule has 0 amide bonds. The second-order valence-electron chi connectivity index (χ2n) is 4.52. The molecule has 0 aliphatic heterocycles. The van der Waals surface area contributed by atoms with Crippen LogP contribution >= 0.6 is 18.5 Å². The molecule has 19 heavy (non-hydrogen) atoms. The zero-order valence-corrected chi connectivity index (χ0v) is 13.3. The van der Waals surface area contributed by atoms with Crippen molar-refractivity contribution in [2.75, 3.05) is 0 Å². The second kappa shape index (κ2) is 7.45. The molecule has 2 rings (SSSR count). The number of halogens is 1. The van der Waals surface area contributed by atoms with E-state index in [2.05, 4.69) is 0 Å². The van der Waals surface area contributed by atoms with Crippen LogP contribution in [0.25, 0.3) is 0 Å². The van der Waals surface area contributed by atoms with E-state index in [1.54, 1.807) is 18.2 Å². The molecule has 0 saturated heterocycles. The molecule has 100 valence electrons. The van der Waals surface area contributed by atoms with Gasteiger partial charge in [0.25, 0.3) is 0 Å². The minimum Gasteiger partial charge on any atom is -0.744 e. The fourth-order valence-electron chi connectivity index (χ4n) is 2.35. The summed E-state index contributed by atoms with van der Waals surface area (Å²) in [4.78, 5) is -0.142. The van der Waals surface area contributed by atoms with Crippen molar-refractivity contribution in [2.45, 2.75) is 42.7 Å². The van der Waals surface area contributed by atoms with Gasteiger partial charge in [-0.25, -0.2) is 8.42 Å². The number of hydrogen-bond donors (Lipinski definition) is 0. The van der Waals surface area contributed by atoms with Crippen LogP contribution in [0, 0.1) is 0 Å². The van der Waals surface area contributed by atoms with Crippen molar-refractivity contribution in [2.24, 2.45) is 0 Å². The Kier molecular flexibility index (Phi) is 6.87. The van der Waals surface area contributed by atoms with Crippen molar-refractivity contribution in [1.82, 2.24) is 0 Å². The van der Waals surface area contributed by atoms with Crippen LogP contribution in [0.1, 0.15) is 32.1 Å². The normalized spacial score (nSPS) is 18.6. The molecular weight excluding hydrogens is 298 g/mol. The van der Waals surface area contributed by atoms with Crippen LogP contribution in [0.4, 0.5) is 0 Å². The standard InChI is InChI=1S/C12H16ClO3PS.Li/c13-17(10-6-2-1-3-7-10)11-8-4-5-9-12(11)18(14,15)16;/h4-5,8-10H,1-3,6-7H2,(H,14,15,16);/q;+1/p-1. The van der Waals surface area contributed by atoms with Crippen LogP contribution in [-0.4, -0.2) is 18.6 Å². The van der Waals surface area contributed by atoms with Crippen LogP contribution in [0.2, 0.25) is 0 Å². The third kappa shape index (κ3) is 4.46. The van der Waals surface area contributed by atoms with Crippen LogP contribution in [0.5, 0.6) is 0 Å². The molecule has 1 unspecified atom stereocenters. The van der Waals surface area contributed by atoms with E-state index in [9.17, 15) is 13.0 Å². The van der Waals surface area contributed by atoms with Gasteiger partial charge in [0.2, 0.25) is 0 Å². The molecule has 0 spiro atoms. The molecule has 0 radical (unpaired) electrons. The Balaban J connectivity index is 0.00000180. The van der Waals surface area contributed by atoms with E-state index in [1.165, 1.54) is 12.5 Å². The molecule has 1 saturated carbocycles. The molecule has 1 aromatic rings. The molecule has 7 heteroatoms. The summed E-state index contributed by atoms with van der Waals surface area (Å²) in [5.41, 5.74) is 0.332. The molecule has 3 nitrogen and oxygen atoms in total. The van der Waals surface area contributed by atoms with Gasteiger partial charge in [-0.2, -0.15) is 0 Å². The van der Waals surface area contributed by atoms with Gasteiger partial charge in [0.1, 0.15) is 10.1 Å². The van der Waals surface area contributed by atoms with Gasteiger partial charge in [-0.1, -0.05) is 48.7 Å². The SMILES string of the molecule is O=S(=O)([O-])c1ccccc1P(Cl)C1CCCCC1.[Li+]. The van der Waals surface area contributed by atoms with Gasteiger partial charge in [0.15, 0.2) is 0 Å². The first-order chi connectivity index (χ1) is 8.50. The van der Waals surface area contributed by atoms with Crippen molar-refractivity contribution in [3.63, 3.8) is 0 Å². The summed E-state index contributed by atoms with van der Waals surface area (Å²) >= 11 is 6.46. The predicted octanol–water partition coefficient (Wildman–Crippen LogP) is 0.188. The van der Waals surface area contributed by atoms with Crippen LogP contribution in [0.3, 0.4) is 0 Å². The first-order valence-corrected chi connectivity index (χ1v) is 9.72. The molecule has 0 heterocycles. The first kappa shape index (κ1) is 17.5. The summed E-state index contributed by atoms with van der Waals surface area (Å²) in [5, 5.41) is 0.524. The van der Waals surface area contributed by atoms with Crippen LogP contribution < -0.4 is 24.2 Å². The van der Waals surface area contributed by atoms with Gasteiger partial charge in [0.05, 0.1) is 4.90 Å². The maximum atomic E-state index is 11.2. The minimum atomic E-state index is -4.44. The molecule has 1 aliphatic carbocycles. The maximum Gasteiger partial charge on any atom is 1.00 e. The van der Waals surface area contributed by atoms with E-state index in [-0.39, 0.29) is 23.8 Å². The van der Waals surface area contributed by atoms with Gasteiger partial charge in [0, 0.05) is 12.6 Å². The van der Waals surface area contributed by atoms with Gasteiger partial charge in [-0.3, -0.25) is 0 Å². The summed E-state index contributed by atoms with van der Waals surface area (Å²) in [7, 11) is -5.52. The monoisotopic (exact) mass is 312 g/mol. The number of benzene rings is 1. The van der Waals surface area contributed by atoms with Crippen molar-refractivity contribution >= 4 is 33.9 Å². The summed E-state index contributed by atoms with van der Waals surface area (Å²) in [6.07, 6.45) is 5.56. The van der Waals surface area contributed by atoms with E-state index in [0.29, 0.717) is 11.0 Å². The van der Waals surface area contributed by atoms with Crippen molar-refractivity contribution in [3.05, 3.63) is 24.3 Å². The fourth-order valence-corrected chi connectivity index (χ4v) is 6.45. The third-order valence-electron chi connectivity index (χ3n) is 3.26. The maximum absolute atomic E-state index is 11.2. The number of rotatable bonds is 3. The largest absolute Gasteiger partial charge is 1.00 e. The van der Waals surface area contributed by atoms with E-state index < -0.39 is 17.4 Å². The fraction of sp³-hybridized carbons (Fsp3) is 0.500. The molecule has 1 fully saturated rings. The van der Waals surface area contributed by atoms with Gasteiger partial charge in [-0.15, -0.1) is 0 Å². The quantitative estimate of drug-likeness (QED) is 0.455. The van der Waals surface area contributed by atoms with Crippen molar-refractivity contribution in [1.29, 1.82) is 0 Å². The van der Waals surface area contributed by atoms with E-state index in [1.807, 2.05) is 0 Å². The zero-order chi connectivity index (χ0) is 13.2. The molecule has 1 atom stereocenters. The molecule has 0 aromatic heterocycles. The van der Waals surface area contributed by atoms with Crippen molar-refractivity contribution < 1.29 is 31.8 Å². The van der Waals surface area contributed by atoms with Crippen LogP contribution in [0.15, 0.2) is 29.2 Å². The summed E-state index contributed by atoms with van der Waals surface area (Å²) in [6.45, 7) is 0. The molecule has 0 bridgehead atoms. The predicted molar refractivity (Wildman–Crippen MR) is 73.7 cm³/mol. The smallest absolute Gasteiger partial charge is 0.744 e. The Bertz CT molecular complexity index is 517. The Labute approximate surface area is 132 Å². The second-order valence-corrected chi connectivity index (χ2v) is 8.80. The van der Waals surface area contributed by atoms with Gasteiger partial charge in [-0.05, 0) is 24.6 Å². The Hall–Kier alpha value is 0.447. The zero-order valence-electron chi connectivity index (χ0n) is 10.9. The van der Waals surface area contributed by atoms with Crippen molar-refractivity contribution in [3.8, 4) is 0 Å². The third-order valence-corrected chi connectivity index (χ3v) is 7.69. The molecule has 0 N–H and O–H groups in total. The molecular formula is C12H15ClLiO3PS. The molecule has 1 aliphatic rings. The van der Waals surface area contributed by atoms with Gasteiger partial charge < -0.3 is 4.55 Å². The Morgan fingerprint density at radius 2 is 1.74 bits per heavy atom. The average molecular weight is 313 g/mol. The van der Waals surface area contributed by atoms with Gasteiger partial charge >= 0.3 is 18.9 Å². The Morgan fingerprint density at radius 1 is 1.16 bits per heavy atom. The summed E-state index contributed by atoms with van der Waals surface area (Å²) in [5.74, 6) is 0.